The van der Waals surface area contributed by atoms with Crippen LogP contribution in [-0.4, -0.2) is 72.6 Å². The zero-order chi connectivity index (χ0) is 4.50. The molecule has 0 saturated heterocycles. The van der Waals surface area contributed by atoms with Crippen LogP contribution in [0.5, 0.6) is 0 Å². The van der Waals surface area contributed by atoms with Crippen LogP contribution in [0.1, 0.15) is 0 Å². The van der Waals surface area contributed by atoms with Crippen molar-refractivity contribution in [3.05, 3.63) is 0 Å². The van der Waals surface area contributed by atoms with Crippen LogP contribution in [0.25, 0.3) is 0 Å². The van der Waals surface area contributed by atoms with E-state index in [0.29, 0.717) is 0 Å². The molecule has 0 unspecified atom stereocenters. The van der Waals surface area contributed by atoms with Crippen molar-refractivity contribution in [3.8, 4) is 0 Å². The third kappa shape index (κ3) is 111. The van der Waals surface area contributed by atoms with Gasteiger partial charge in [-0.05, 0) is 0 Å². The van der Waals surface area contributed by atoms with Crippen molar-refractivity contribution in [2.75, 3.05) is 0 Å². The molecular weight excluding hydrogens is 274 g/mol. The van der Waals surface area contributed by atoms with E-state index in [-0.39, 0.29) is 89.2 Å². The summed E-state index contributed by atoms with van der Waals surface area (Å²) in [5.41, 5.74) is 0. The first-order valence-electron chi connectivity index (χ1n) is 0.667. The fraction of sp³-hybridized carbons (Fsp3) is 0. The zero-order valence-electron chi connectivity index (χ0n) is 4.06. The van der Waals surface area contributed by atoms with E-state index < -0.39 is 10.4 Å². The molecule has 0 bridgehead atoms. The van der Waals surface area contributed by atoms with Gasteiger partial charge in [0.05, 0.1) is 0 Å². The van der Waals surface area contributed by atoms with E-state index >= 15 is 0 Å². The largest absolute Gasteiger partial charge is 3.00 e. The average Bonchev–Trinajstić information content (AvgIpc) is 0.722. The Kier molecular flexibility index (Phi) is 44.1. The van der Waals surface area contributed by atoms with Gasteiger partial charge in [-0.3, -0.25) is 8.42 Å². The first-order valence-corrected chi connectivity index (χ1v) is 2.00. The normalized spacial score (nSPS) is 6.44. The van der Waals surface area contributed by atoms with Crippen molar-refractivity contribution >= 4 is 65.5 Å². The van der Waals surface area contributed by atoms with Gasteiger partial charge in [-0.2, -0.15) is 0 Å². The third-order valence-corrected chi connectivity index (χ3v) is 0. The van der Waals surface area contributed by atoms with E-state index in [2.05, 4.69) is 0 Å². The number of hydrogen-bond donors (Lipinski definition) is 0. The van der Waals surface area contributed by atoms with Crippen LogP contribution >= 0.6 is 0 Å². The van der Waals surface area contributed by atoms with E-state index in [9.17, 15) is 0 Å². The summed E-state index contributed by atoms with van der Waals surface area (Å²) in [7, 11) is -5.17. The van der Waals surface area contributed by atoms with Gasteiger partial charge < -0.3 is 9.11 Å². The molecule has 0 aliphatic heterocycles. The van der Waals surface area contributed by atoms with Gasteiger partial charge in [0.15, 0.2) is 0 Å². The maximum atomic E-state index is 8.52. The van der Waals surface area contributed by atoms with Crippen molar-refractivity contribution in [1.82, 2.24) is 0 Å². The van der Waals surface area contributed by atoms with Gasteiger partial charge in [0, 0.05) is 10.4 Å². The molecule has 43 valence electrons. The van der Waals surface area contributed by atoms with Gasteiger partial charge in [0.1, 0.15) is 0 Å². The second-order valence-electron chi connectivity index (χ2n) is 0.408. The van der Waals surface area contributed by atoms with Gasteiger partial charge >= 0.3 is 89.2 Å². The molecule has 9 heavy (non-hydrogen) atoms. The van der Waals surface area contributed by atoms with Crippen LogP contribution in [-0.2, 0) is 44.5 Å². The molecule has 0 fully saturated rings. The summed E-state index contributed by atoms with van der Waals surface area (Å²) in [6, 6.07) is 0. The summed E-state index contributed by atoms with van der Waals surface area (Å²) in [4.78, 5) is 0. The Bertz CT molecular complexity index is 104. The van der Waals surface area contributed by atoms with Gasteiger partial charge in [-0.25, -0.2) is 0 Å². The SMILES string of the molecule is O=S(=O)([O-])[O-].[Al+3].[Ca+2].[Fe+2].[Mn+2]. The molecule has 0 saturated carbocycles. The minimum absolute atomic E-state index is 0. The first-order chi connectivity index (χ1) is 2.00. The Labute approximate surface area is 115 Å². The topological polar surface area (TPSA) is 80.3 Å². The van der Waals surface area contributed by atoms with Crippen molar-refractivity contribution in [2.45, 2.75) is 0 Å². The summed E-state index contributed by atoms with van der Waals surface area (Å²) < 4.78 is 34.1. The van der Waals surface area contributed by atoms with E-state index in [1.807, 2.05) is 0 Å². The van der Waals surface area contributed by atoms with Gasteiger partial charge in [0.2, 0.25) is 0 Å². The van der Waals surface area contributed by atoms with Crippen LogP contribution in [0, 0.1) is 0 Å². The molecule has 0 aliphatic carbocycles. The fourth-order valence-corrected chi connectivity index (χ4v) is 0. The van der Waals surface area contributed by atoms with E-state index in [1.165, 1.54) is 0 Å². The monoisotopic (exact) mass is 274 g/mol. The summed E-state index contributed by atoms with van der Waals surface area (Å²) in [6.07, 6.45) is 0. The second-order valence-corrected chi connectivity index (χ2v) is 1.22. The smallest absolute Gasteiger partial charge is 0.759 e. The Hall–Kier alpha value is 2.70. The maximum Gasteiger partial charge on any atom is 3.00 e. The Morgan fingerprint density at radius 3 is 1.11 bits per heavy atom. The molecule has 4 nitrogen and oxygen atoms in total. The summed E-state index contributed by atoms with van der Waals surface area (Å²) >= 11 is 0. The molecule has 0 aliphatic rings. The minimum Gasteiger partial charge on any atom is -0.759 e. The molecule has 0 amide bonds. The Balaban J connectivity index is -0.0000000133. The zero-order valence-corrected chi connectivity index (χ0v) is 10.5. The van der Waals surface area contributed by atoms with Crippen molar-refractivity contribution in [1.29, 1.82) is 0 Å². The van der Waals surface area contributed by atoms with E-state index in [0.717, 1.165) is 0 Å². The standard InChI is InChI=1S/Al.Ca.Fe.Mn.H2O4S/c;;;;1-5(2,3)4/h;;;;(H2,1,2,3,4)/q+3;3*+2;/p-2. The fourth-order valence-electron chi connectivity index (χ4n) is 0. The van der Waals surface area contributed by atoms with Crippen LogP contribution in [0.3, 0.4) is 0 Å². The van der Waals surface area contributed by atoms with Crippen LogP contribution < -0.4 is 0 Å². The van der Waals surface area contributed by atoms with Crippen molar-refractivity contribution in [3.63, 3.8) is 0 Å². The van der Waals surface area contributed by atoms with Crippen LogP contribution in [0.2, 0.25) is 0 Å². The van der Waals surface area contributed by atoms with Crippen LogP contribution in [0.4, 0.5) is 0 Å². The molecule has 0 aromatic heterocycles. The second kappa shape index (κ2) is 13.3. The summed E-state index contributed by atoms with van der Waals surface area (Å²) in [6.45, 7) is 0. The molecule has 0 aromatic carbocycles. The number of rotatable bonds is 0. The third-order valence-electron chi connectivity index (χ3n) is 0. The summed E-state index contributed by atoms with van der Waals surface area (Å²) in [5.74, 6) is 0. The van der Waals surface area contributed by atoms with Crippen molar-refractivity contribution in [2.24, 2.45) is 0 Å². The molecule has 1 radical (unpaired) electrons. The number of hydrogen-bond acceptors (Lipinski definition) is 4. The quantitative estimate of drug-likeness (QED) is 0.288. The van der Waals surface area contributed by atoms with Crippen LogP contribution in [0.15, 0.2) is 0 Å². The predicted molar refractivity (Wildman–Crippen MR) is 22.0 cm³/mol. The molecular formula is AlCaFeMnO4S+7. The maximum absolute atomic E-state index is 8.52. The van der Waals surface area contributed by atoms with Gasteiger partial charge in [0.25, 0.3) is 0 Å². The molecule has 0 rings (SSSR count). The molecule has 0 atom stereocenters. The van der Waals surface area contributed by atoms with Gasteiger partial charge in [-0.1, -0.05) is 0 Å². The predicted octanol–water partition coefficient (Wildman–Crippen LogP) is -2.10. The van der Waals surface area contributed by atoms with E-state index in [4.69, 9.17) is 17.5 Å². The van der Waals surface area contributed by atoms with Crippen molar-refractivity contribution < 1.29 is 51.7 Å². The van der Waals surface area contributed by atoms with E-state index in [1.54, 1.807) is 0 Å². The molecule has 0 aromatic rings. The van der Waals surface area contributed by atoms with Gasteiger partial charge in [-0.15, -0.1) is 0 Å². The molecule has 0 N–H and O–H groups in total. The first kappa shape index (κ1) is 29.8. The molecule has 0 spiro atoms. The molecule has 9 heteroatoms. The summed E-state index contributed by atoms with van der Waals surface area (Å²) in [5, 5.41) is 0. The minimum atomic E-state index is -5.17. The average molecular weight is 274 g/mol. The Morgan fingerprint density at radius 2 is 1.11 bits per heavy atom. The molecule has 0 heterocycles. The Morgan fingerprint density at radius 1 is 1.11 bits per heavy atom.